The molecule has 0 aliphatic carbocycles. The number of aromatic nitrogens is 2. The summed E-state index contributed by atoms with van der Waals surface area (Å²) >= 11 is 0. The van der Waals surface area contributed by atoms with E-state index in [-0.39, 0.29) is 0 Å². The Labute approximate surface area is 108 Å². The van der Waals surface area contributed by atoms with Gasteiger partial charge in [0.1, 0.15) is 11.3 Å². The number of nitrogens with zero attached hydrogens (tertiary/aromatic N) is 2. The predicted molar refractivity (Wildman–Crippen MR) is 74.8 cm³/mol. The zero-order chi connectivity index (χ0) is 13.1. The van der Waals surface area contributed by atoms with Crippen LogP contribution in [0.25, 0.3) is 11.0 Å². The van der Waals surface area contributed by atoms with Crippen LogP contribution < -0.4 is 10.5 Å². The molecule has 0 aliphatic rings. The van der Waals surface area contributed by atoms with E-state index >= 15 is 0 Å². The standard InChI is InChI=1S/C14H21N3O/c1-4-10(3)9-17-11-7-6-8-12(18-5-2)13(11)16-14(17)15/h6-8,10H,4-5,9H2,1-3H3,(H2,15,16). The number of nitrogens with two attached hydrogens (primary N) is 1. The number of anilines is 1. The summed E-state index contributed by atoms with van der Waals surface area (Å²) in [6, 6.07) is 5.97. The molecule has 2 rings (SSSR count). The first kappa shape index (κ1) is 12.7. The third kappa shape index (κ3) is 2.28. The van der Waals surface area contributed by atoms with E-state index in [0.717, 1.165) is 29.7 Å². The Balaban J connectivity index is 2.47. The lowest BCUT2D eigenvalue weighted by atomic mass is 10.1. The normalized spacial score (nSPS) is 12.8. The second-order valence-corrected chi connectivity index (χ2v) is 4.65. The lowest BCUT2D eigenvalue weighted by Gasteiger charge is -2.12. The average molecular weight is 247 g/mol. The highest BCUT2D eigenvalue weighted by molar-refractivity contribution is 5.84. The maximum atomic E-state index is 6.02. The molecular formula is C14H21N3O. The largest absolute Gasteiger partial charge is 0.492 e. The number of rotatable bonds is 5. The fourth-order valence-electron chi connectivity index (χ4n) is 2.04. The van der Waals surface area contributed by atoms with Gasteiger partial charge in [-0.3, -0.25) is 0 Å². The molecule has 1 unspecified atom stereocenters. The summed E-state index contributed by atoms with van der Waals surface area (Å²) in [4.78, 5) is 4.43. The number of nitrogen functional groups attached to an aromatic ring is 1. The first-order valence-corrected chi connectivity index (χ1v) is 6.54. The number of hydrogen-bond acceptors (Lipinski definition) is 3. The molecule has 98 valence electrons. The van der Waals surface area contributed by atoms with Crippen LogP contribution in [0.4, 0.5) is 5.95 Å². The van der Waals surface area contributed by atoms with Crippen LogP contribution in [0.1, 0.15) is 27.2 Å². The van der Waals surface area contributed by atoms with Crippen LogP contribution in [0, 0.1) is 5.92 Å². The van der Waals surface area contributed by atoms with Crippen molar-refractivity contribution < 1.29 is 4.74 Å². The molecule has 4 heteroatoms. The quantitative estimate of drug-likeness (QED) is 0.883. The fourth-order valence-corrected chi connectivity index (χ4v) is 2.04. The Morgan fingerprint density at radius 3 is 2.83 bits per heavy atom. The molecule has 0 amide bonds. The van der Waals surface area contributed by atoms with Crippen molar-refractivity contribution in [3.63, 3.8) is 0 Å². The summed E-state index contributed by atoms with van der Waals surface area (Å²) in [6.45, 7) is 7.91. The molecule has 1 heterocycles. The lowest BCUT2D eigenvalue weighted by Crippen LogP contribution is -2.09. The lowest BCUT2D eigenvalue weighted by molar-refractivity contribution is 0.343. The topological polar surface area (TPSA) is 53.1 Å². The van der Waals surface area contributed by atoms with Crippen molar-refractivity contribution in [3.05, 3.63) is 18.2 Å². The number of fused-ring (bicyclic) bond motifs is 1. The summed E-state index contributed by atoms with van der Waals surface area (Å²) in [5.74, 6) is 1.96. The number of hydrogen-bond donors (Lipinski definition) is 1. The minimum absolute atomic E-state index is 0.567. The van der Waals surface area contributed by atoms with Crippen molar-refractivity contribution in [2.75, 3.05) is 12.3 Å². The van der Waals surface area contributed by atoms with Gasteiger partial charge < -0.3 is 15.0 Å². The van der Waals surface area contributed by atoms with Gasteiger partial charge in [0.05, 0.1) is 12.1 Å². The van der Waals surface area contributed by atoms with E-state index in [4.69, 9.17) is 10.5 Å². The van der Waals surface area contributed by atoms with Gasteiger partial charge in [-0.15, -0.1) is 0 Å². The van der Waals surface area contributed by atoms with Gasteiger partial charge in [-0.2, -0.15) is 0 Å². The summed E-state index contributed by atoms with van der Waals surface area (Å²) in [5, 5.41) is 0. The van der Waals surface area contributed by atoms with E-state index in [1.54, 1.807) is 0 Å². The molecule has 2 N–H and O–H groups in total. The van der Waals surface area contributed by atoms with Gasteiger partial charge >= 0.3 is 0 Å². The number of ether oxygens (including phenoxy) is 1. The average Bonchev–Trinajstić information content (AvgIpc) is 2.68. The van der Waals surface area contributed by atoms with Crippen molar-refractivity contribution >= 4 is 17.0 Å². The van der Waals surface area contributed by atoms with Gasteiger partial charge in [-0.05, 0) is 25.0 Å². The Kier molecular flexibility index (Phi) is 3.75. The second kappa shape index (κ2) is 5.29. The molecule has 1 aromatic carbocycles. The van der Waals surface area contributed by atoms with E-state index in [2.05, 4.69) is 23.4 Å². The summed E-state index contributed by atoms with van der Waals surface area (Å²) in [7, 11) is 0. The Morgan fingerprint density at radius 2 is 2.17 bits per heavy atom. The van der Waals surface area contributed by atoms with Crippen LogP contribution >= 0.6 is 0 Å². The maximum absolute atomic E-state index is 6.02. The van der Waals surface area contributed by atoms with Gasteiger partial charge in [-0.25, -0.2) is 4.98 Å². The summed E-state index contributed by atoms with van der Waals surface area (Å²) < 4.78 is 7.66. The molecule has 0 spiro atoms. The van der Waals surface area contributed by atoms with Crippen molar-refractivity contribution in [2.45, 2.75) is 33.7 Å². The Bertz CT molecular complexity index is 533. The van der Waals surface area contributed by atoms with E-state index in [0.29, 0.717) is 18.5 Å². The molecular weight excluding hydrogens is 226 g/mol. The van der Waals surface area contributed by atoms with E-state index in [1.165, 1.54) is 0 Å². The molecule has 0 aliphatic heterocycles. The van der Waals surface area contributed by atoms with Gasteiger partial charge in [0, 0.05) is 6.54 Å². The smallest absolute Gasteiger partial charge is 0.201 e. The third-order valence-corrected chi connectivity index (χ3v) is 3.26. The molecule has 0 saturated carbocycles. The summed E-state index contributed by atoms with van der Waals surface area (Å²) in [5.41, 5.74) is 7.93. The summed E-state index contributed by atoms with van der Waals surface area (Å²) in [6.07, 6.45) is 1.13. The Morgan fingerprint density at radius 1 is 1.39 bits per heavy atom. The van der Waals surface area contributed by atoms with Crippen molar-refractivity contribution in [1.29, 1.82) is 0 Å². The number of benzene rings is 1. The number of imidazole rings is 1. The molecule has 1 aromatic heterocycles. The van der Waals surface area contributed by atoms with Crippen LogP contribution in [0.2, 0.25) is 0 Å². The minimum atomic E-state index is 0.567. The molecule has 1 atom stereocenters. The molecule has 4 nitrogen and oxygen atoms in total. The highest BCUT2D eigenvalue weighted by Crippen LogP contribution is 2.27. The molecule has 0 bridgehead atoms. The number of para-hydroxylation sites is 1. The Hall–Kier alpha value is -1.71. The molecule has 0 saturated heterocycles. The SMILES string of the molecule is CCOc1cccc2c1nc(N)n2CC(C)CC. The second-order valence-electron chi connectivity index (χ2n) is 4.65. The van der Waals surface area contributed by atoms with Crippen LogP contribution in [-0.2, 0) is 6.54 Å². The predicted octanol–water partition coefficient (Wildman–Crippen LogP) is 3.06. The van der Waals surface area contributed by atoms with E-state index < -0.39 is 0 Å². The van der Waals surface area contributed by atoms with Gasteiger partial charge in [0.2, 0.25) is 5.95 Å². The van der Waals surface area contributed by atoms with Crippen LogP contribution in [0.15, 0.2) is 18.2 Å². The molecule has 2 aromatic rings. The maximum Gasteiger partial charge on any atom is 0.201 e. The first-order valence-electron chi connectivity index (χ1n) is 6.54. The molecule has 0 fully saturated rings. The monoisotopic (exact) mass is 247 g/mol. The van der Waals surface area contributed by atoms with Crippen LogP contribution in [0.5, 0.6) is 5.75 Å². The van der Waals surface area contributed by atoms with Gasteiger partial charge in [0.15, 0.2) is 0 Å². The van der Waals surface area contributed by atoms with E-state index in [9.17, 15) is 0 Å². The molecule has 0 radical (unpaired) electrons. The van der Waals surface area contributed by atoms with Gasteiger partial charge in [-0.1, -0.05) is 26.3 Å². The minimum Gasteiger partial charge on any atom is -0.492 e. The van der Waals surface area contributed by atoms with Crippen LogP contribution in [-0.4, -0.2) is 16.2 Å². The zero-order valence-electron chi connectivity index (χ0n) is 11.3. The van der Waals surface area contributed by atoms with Gasteiger partial charge in [0.25, 0.3) is 0 Å². The fraction of sp³-hybridized carbons (Fsp3) is 0.500. The van der Waals surface area contributed by atoms with E-state index in [1.807, 2.05) is 25.1 Å². The zero-order valence-corrected chi connectivity index (χ0v) is 11.3. The first-order chi connectivity index (χ1) is 8.67. The van der Waals surface area contributed by atoms with Crippen LogP contribution in [0.3, 0.4) is 0 Å². The highest BCUT2D eigenvalue weighted by atomic mass is 16.5. The highest BCUT2D eigenvalue weighted by Gasteiger charge is 2.13. The molecule has 18 heavy (non-hydrogen) atoms. The third-order valence-electron chi connectivity index (χ3n) is 3.26. The van der Waals surface area contributed by atoms with Crippen molar-refractivity contribution in [1.82, 2.24) is 9.55 Å². The van der Waals surface area contributed by atoms with Crippen molar-refractivity contribution in [3.8, 4) is 5.75 Å². The van der Waals surface area contributed by atoms with Crippen molar-refractivity contribution in [2.24, 2.45) is 5.92 Å².